The molecule has 2 fully saturated rings. The van der Waals surface area contributed by atoms with Gasteiger partial charge in [-0.2, -0.15) is 5.10 Å². The van der Waals surface area contributed by atoms with Crippen molar-refractivity contribution in [1.82, 2.24) is 20.2 Å². The normalized spacial score (nSPS) is 17.4. The van der Waals surface area contributed by atoms with Gasteiger partial charge in [0.15, 0.2) is 0 Å². The van der Waals surface area contributed by atoms with Crippen molar-refractivity contribution in [1.29, 1.82) is 0 Å². The minimum Gasteiger partial charge on any atom is -0.353 e. The average molecular weight is 390 g/mol. The number of benzene rings is 1. The zero-order valence-electron chi connectivity index (χ0n) is 16.5. The molecule has 29 heavy (non-hydrogen) atoms. The molecule has 2 N–H and O–H groups in total. The van der Waals surface area contributed by atoms with Crippen molar-refractivity contribution >= 4 is 28.3 Å². The number of carbonyl (C=O) groups is 1. The number of rotatable bonds is 6. The second kappa shape index (κ2) is 7.81. The van der Waals surface area contributed by atoms with Crippen molar-refractivity contribution < 1.29 is 4.79 Å². The Morgan fingerprint density at radius 2 is 1.97 bits per heavy atom. The van der Waals surface area contributed by atoms with Crippen LogP contribution < -0.4 is 10.2 Å². The lowest BCUT2D eigenvalue weighted by atomic mass is 9.94. The molecule has 1 amide bonds. The number of hydrogen-bond donors (Lipinski definition) is 2. The van der Waals surface area contributed by atoms with Gasteiger partial charge < -0.3 is 10.2 Å². The minimum atomic E-state index is -0.216. The number of aromatic amines is 1. The number of aromatic nitrogens is 4. The molecule has 0 aliphatic heterocycles. The van der Waals surface area contributed by atoms with Crippen molar-refractivity contribution in [3.63, 3.8) is 0 Å². The third-order valence-electron chi connectivity index (χ3n) is 6.04. The summed E-state index contributed by atoms with van der Waals surface area (Å²) in [5.74, 6) is 1.44. The number of H-pyrrole nitrogens is 1. The van der Waals surface area contributed by atoms with E-state index in [1.165, 1.54) is 51.3 Å². The lowest BCUT2D eigenvalue weighted by molar-refractivity contribution is 0.102. The van der Waals surface area contributed by atoms with Gasteiger partial charge in [0.2, 0.25) is 0 Å². The van der Waals surface area contributed by atoms with Gasteiger partial charge in [0.05, 0.1) is 11.7 Å². The summed E-state index contributed by atoms with van der Waals surface area (Å²) in [4.78, 5) is 24.1. The maximum atomic E-state index is 12.8. The summed E-state index contributed by atoms with van der Waals surface area (Å²) >= 11 is 0. The van der Waals surface area contributed by atoms with E-state index in [0.29, 0.717) is 11.7 Å². The standard InChI is InChI=1S/C22H26N6O/c29-22(26-17-8-9-19-16(10-17)12-25-27-19)20-11-21(24-14-23-20)28(13-15-6-7-15)18-4-2-1-3-5-18/h8-12,14-15,18H,1-7,13H2,(H,25,27)(H,26,29). The van der Waals surface area contributed by atoms with E-state index < -0.39 is 0 Å². The molecule has 2 aromatic heterocycles. The fourth-order valence-corrected chi connectivity index (χ4v) is 4.24. The van der Waals surface area contributed by atoms with E-state index >= 15 is 0 Å². The van der Waals surface area contributed by atoms with Crippen LogP contribution in [0.1, 0.15) is 55.4 Å². The lowest BCUT2D eigenvalue weighted by Gasteiger charge is -2.35. The summed E-state index contributed by atoms with van der Waals surface area (Å²) in [6.45, 7) is 1.04. The Hall–Kier alpha value is -2.96. The van der Waals surface area contributed by atoms with Crippen molar-refractivity contribution in [2.45, 2.75) is 51.0 Å². The molecule has 3 aromatic rings. The van der Waals surface area contributed by atoms with Crippen LogP contribution in [0.4, 0.5) is 11.5 Å². The highest BCUT2D eigenvalue weighted by atomic mass is 16.1. The molecule has 0 unspecified atom stereocenters. The smallest absolute Gasteiger partial charge is 0.274 e. The first-order chi connectivity index (χ1) is 14.3. The van der Waals surface area contributed by atoms with Crippen molar-refractivity contribution in [3.05, 3.63) is 42.5 Å². The van der Waals surface area contributed by atoms with Gasteiger partial charge in [-0.25, -0.2) is 9.97 Å². The Labute approximate surface area is 169 Å². The highest BCUT2D eigenvalue weighted by Gasteiger charge is 2.30. The van der Waals surface area contributed by atoms with Gasteiger partial charge in [-0.1, -0.05) is 19.3 Å². The van der Waals surface area contributed by atoms with Crippen molar-refractivity contribution in [3.8, 4) is 0 Å². The van der Waals surface area contributed by atoms with E-state index in [1.807, 2.05) is 24.3 Å². The zero-order chi connectivity index (χ0) is 19.6. The number of nitrogens with zero attached hydrogens (tertiary/aromatic N) is 4. The summed E-state index contributed by atoms with van der Waals surface area (Å²) < 4.78 is 0. The van der Waals surface area contributed by atoms with Crippen LogP contribution in [0.3, 0.4) is 0 Å². The fraction of sp³-hybridized carbons (Fsp3) is 0.455. The molecular formula is C22H26N6O. The first kappa shape index (κ1) is 18.1. The van der Waals surface area contributed by atoms with Crippen LogP contribution in [0.15, 0.2) is 36.8 Å². The molecule has 2 heterocycles. The zero-order valence-corrected chi connectivity index (χ0v) is 16.5. The van der Waals surface area contributed by atoms with Crippen LogP contribution in [-0.2, 0) is 0 Å². The predicted octanol–water partition coefficient (Wildman–Crippen LogP) is 4.15. The van der Waals surface area contributed by atoms with Gasteiger partial charge in [-0.3, -0.25) is 9.89 Å². The number of fused-ring (bicyclic) bond motifs is 1. The number of hydrogen-bond acceptors (Lipinski definition) is 5. The van der Waals surface area contributed by atoms with Crippen molar-refractivity contribution in [2.24, 2.45) is 5.92 Å². The Morgan fingerprint density at radius 1 is 1.10 bits per heavy atom. The van der Waals surface area contributed by atoms with E-state index in [4.69, 9.17) is 0 Å². The first-order valence-corrected chi connectivity index (χ1v) is 10.6. The van der Waals surface area contributed by atoms with Crippen LogP contribution in [0, 0.1) is 5.92 Å². The predicted molar refractivity (Wildman–Crippen MR) is 113 cm³/mol. The van der Waals surface area contributed by atoms with E-state index in [9.17, 15) is 4.79 Å². The minimum absolute atomic E-state index is 0.216. The highest BCUT2D eigenvalue weighted by Crippen LogP contribution is 2.34. The van der Waals surface area contributed by atoms with Gasteiger partial charge in [0, 0.05) is 29.7 Å². The molecule has 1 aromatic carbocycles. The SMILES string of the molecule is O=C(Nc1ccc2[nH]ncc2c1)c1cc(N(CC2CC2)C2CCCCC2)ncn1. The van der Waals surface area contributed by atoms with Crippen LogP contribution >= 0.6 is 0 Å². The molecule has 150 valence electrons. The third kappa shape index (κ3) is 4.09. The van der Waals surface area contributed by atoms with Crippen LogP contribution in [-0.4, -0.2) is 38.7 Å². The molecular weight excluding hydrogens is 364 g/mol. The molecule has 7 heteroatoms. The average Bonchev–Trinajstić information content (AvgIpc) is 3.47. The molecule has 0 spiro atoms. The second-order valence-corrected chi connectivity index (χ2v) is 8.28. The molecule has 7 nitrogen and oxygen atoms in total. The Kier molecular flexibility index (Phi) is 4.87. The first-order valence-electron chi connectivity index (χ1n) is 10.6. The molecule has 0 bridgehead atoms. The highest BCUT2D eigenvalue weighted by molar-refractivity contribution is 6.04. The van der Waals surface area contributed by atoms with Gasteiger partial charge in [-0.05, 0) is 49.8 Å². The van der Waals surface area contributed by atoms with E-state index in [-0.39, 0.29) is 5.91 Å². The quantitative estimate of drug-likeness (QED) is 0.660. The Balaban J connectivity index is 1.36. The van der Waals surface area contributed by atoms with Gasteiger partial charge in [0.25, 0.3) is 5.91 Å². The Bertz CT molecular complexity index is 1010. The maximum Gasteiger partial charge on any atom is 0.274 e. The largest absolute Gasteiger partial charge is 0.353 e. The number of anilines is 2. The van der Waals surface area contributed by atoms with Crippen LogP contribution in [0.2, 0.25) is 0 Å². The van der Waals surface area contributed by atoms with Crippen LogP contribution in [0.5, 0.6) is 0 Å². The van der Waals surface area contributed by atoms with Gasteiger partial charge in [0.1, 0.15) is 17.8 Å². The monoisotopic (exact) mass is 390 g/mol. The summed E-state index contributed by atoms with van der Waals surface area (Å²) in [5, 5.41) is 10.8. The molecule has 0 atom stereocenters. The molecule has 2 aliphatic rings. The van der Waals surface area contributed by atoms with E-state index in [0.717, 1.165) is 34.9 Å². The van der Waals surface area contributed by atoms with Gasteiger partial charge >= 0.3 is 0 Å². The molecule has 0 saturated heterocycles. The lowest BCUT2D eigenvalue weighted by Crippen LogP contribution is -2.39. The van der Waals surface area contributed by atoms with E-state index in [1.54, 1.807) is 6.20 Å². The summed E-state index contributed by atoms with van der Waals surface area (Å²) in [6.07, 6.45) is 12.2. The molecule has 2 aliphatic carbocycles. The van der Waals surface area contributed by atoms with E-state index in [2.05, 4.69) is 30.4 Å². The second-order valence-electron chi connectivity index (χ2n) is 8.28. The van der Waals surface area contributed by atoms with Crippen molar-refractivity contribution in [2.75, 3.05) is 16.8 Å². The third-order valence-corrected chi connectivity index (χ3v) is 6.04. The number of nitrogens with one attached hydrogen (secondary N) is 2. The molecule has 5 rings (SSSR count). The topological polar surface area (TPSA) is 86.8 Å². The fourth-order valence-electron chi connectivity index (χ4n) is 4.24. The Morgan fingerprint density at radius 3 is 2.79 bits per heavy atom. The molecule has 2 saturated carbocycles. The summed E-state index contributed by atoms with van der Waals surface area (Å²) in [5.41, 5.74) is 2.07. The summed E-state index contributed by atoms with van der Waals surface area (Å²) in [6, 6.07) is 8.05. The van der Waals surface area contributed by atoms with Crippen LogP contribution in [0.25, 0.3) is 10.9 Å². The molecule has 0 radical (unpaired) electrons. The summed E-state index contributed by atoms with van der Waals surface area (Å²) in [7, 11) is 0. The number of carbonyl (C=O) groups excluding carboxylic acids is 1. The maximum absolute atomic E-state index is 12.8. The van der Waals surface area contributed by atoms with Gasteiger partial charge in [-0.15, -0.1) is 0 Å². The number of amides is 1.